The molecule has 0 unspecified atom stereocenters. The fourth-order valence-corrected chi connectivity index (χ4v) is 3.54. The molecule has 1 aliphatic rings. The molecule has 7 heteroatoms. The van der Waals surface area contributed by atoms with Gasteiger partial charge in [-0.25, -0.2) is 9.18 Å². The van der Waals surface area contributed by atoms with Crippen molar-refractivity contribution >= 4 is 34.0 Å². The van der Waals surface area contributed by atoms with E-state index in [9.17, 15) is 18.8 Å². The molecule has 26 heavy (non-hydrogen) atoms. The van der Waals surface area contributed by atoms with Crippen LogP contribution in [0.15, 0.2) is 24.3 Å². The highest BCUT2D eigenvalue weighted by Gasteiger charge is 2.32. The number of ketones is 1. The molecule has 1 saturated carbocycles. The zero-order chi connectivity index (χ0) is 18.8. The van der Waals surface area contributed by atoms with E-state index in [0.29, 0.717) is 10.6 Å². The first-order valence-electron chi connectivity index (χ1n) is 8.24. The van der Waals surface area contributed by atoms with Gasteiger partial charge in [-0.05, 0) is 44.4 Å². The first-order chi connectivity index (χ1) is 12.4. The molecule has 0 saturated heterocycles. The van der Waals surface area contributed by atoms with Crippen LogP contribution in [0.3, 0.4) is 0 Å². The molecule has 0 aliphatic heterocycles. The average molecular weight is 375 g/mol. The first-order valence-corrected chi connectivity index (χ1v) is 9.05. The van der Waals surface area contributed by atoms with Gasteiger partial charge in [-0.1, -0.05) is 12.1 Å². The van der Waals surface area contributed by atoms with Gasteiger partial charge in [-0.2, -0.15) is 0 Å². The molecule has 1 heterocycles. The topological polar surface area (TPSA) is 72.5 Å². The van der Waals surface area contributed by atoms with Crippen molar-refractivity contribution in [2.24, 2.45) is 5.92 Å². The molecule has 2 aromatic rings. The molecular weight excluding hydrogens is 357 g/mol. The molecule has 1 aliphatic carbocycles. The normalized spacial score (nSPS) is 13.3. The lowest BCUT2D eigenvalue weighted by atomic mass is 10.1. The van der Waals surface area contributed by atoms with E-state index in [1.165, 1.54) is 35.6 Å². The zero-order valence-electron chi connectivity index (χ0n) is 14.4. The van der Waals surface area contributed by atoms with E-state index in [1.54, 1.807) is 6.92 Å². The van der Waals surface area contributed by atoms with Crippen LogP contribution in [0.1, 0.15) is 44.0 Å². The summed E-state index contributed by atoms with van der Waals surface area (Å²) in [7, 11) is 0. The molecule has 5 nitrogen and oxygen atoms in total. The molecule has 1 fully saturated rings. The number of hydrogen-bond donors (Lipinski definition) is 1. The van der Waals surface area contributed by atoms with Crippen molar-refractivity contribution in [1.82, 2.24) is 0 Å². The van der Waals surface area contributed by atoms with Crippen LogP contribution in [0.25, 0.3) is 0 Å². The summed E-state index contributed by atoms with van der Waals surface area (Å²) in [6, 6.07) is 5.53. The third-order valence-electron chi connectivity index (χ3n) is 4.28. The van der Waals surface area contributed by atoms with E-state index in [-0.39, 0.29) is 23.0 Å². The maximum atomic E-state index is 13.6. The Kier molecular flexibility index (Phi) is 5.18. The highest BCUT2D eigenvalue weighted by molar-refractivity contribution is 7.16. The molecule has 1 amide bonds. The Morgan fingerprint density at radius 1 is 1.23 bits per heavy atom. The van der Waals surface area contributed by atoms with Crippen molar-refractivity contribution in [3.63, 3.8) is 0 Å². The number of esters is 1. The van der Waals surface area contributed by atoms with Crippen molar-refractivity contribution in [2.75, 3.05) is 11.9 Å². The summed E-state index contributed by atoms with van der Waals surface area (Å²) in [5.41, 5.74) is 0.827. The number of aryl methyl sites for hydroxylation is 1. The Morgan fingerprint density at radius 3 is 2.58 bits per heavy atom. The van der Waals surface area contributed by atoms with E-state index in [4.69, 9.17) is 4.74 Å². The van der Waals surface area contributed by atoms with Gasteiger partial charge in [0.15, 0.2) is 6.61 Å². The zero-order valence-corrected chi connectivity index (χ0v) is 15.2. The van der Waals surface area contributed by atoms with E-state index in [1.807, 2.05) is 6.92 Å². The van der Waals surface area contributed by atoms with Crippen molar-refractivity contribution in [1.29, 1.82) is 0 Å². The molecule has 0 spiro atoms. The Labute approximate surface area is 154 Å². The van der Waals surface area contributed by atoms with Crippen molar-refractivity contribution in [3.8, 4) is 0 Å². The van der Waals surface area contributed by atoms with E-state index in [0.717, 1.165) is 17.7 Å². The molecule has 0 atom stereocenters. The summed E-state index contributed by atoms with van der Waals surface area (Å²) in [4.78, 5) is 37.4. The number of halogens is 1. The highest BCUT2D eigenvalue weighted by Crippen LogP contribution is 2.36. The van der Waals surface area contributed by atoms with Crippen LogP contribution < -0.4 is 5.32 Å². The van der Waals surface area contributed by atoms with Gasteiger partial charge in [-0.15, -0.1) is 11.3 Å². The molecule has 136 valence electrons. The van der Waals surface area contributed by atoms with Crippen LogP contribution in [0.2, 0.25) is 0 Å². The first kappa shape index (κ1) is 18.3. The van der Waals surface area contributed by atoms with Gasteiger partial charge in [0.05, 0.1) is 11.1 Å². The third kappa shape index (κ3) is 3.83. The molecule has 1 N–H and O–H groups in total. The van der Waals surface area contributed by atoms with Gasteiger partial charge in [0.1, 0.15) is 10.8 Å². The highest BCUT2D eigenvalue weighted by atomic mass is 32.1. The number of carbonyl (C=O) groups excluding carboxylic acids is 3. The number of anilines is 1. The van der Waals surface area contributed by atoms with Crippen LogP contribution in [0.5, 0.6) is 0 Å². The molecule has 3 rings (SSSR count). The summed E-state index contributed by atoms with van der Waals surface area (Å²) in [6.45, 7) is 3.03. The predicted molar refractivity (Wildman–Crippen MR) is 96.2 cm³/mol. The molecule has 0 bridgehead atoms. The Morgan fingerprint density at radius 2 is 1.92 bits per heavy atom. The maximum absolute atomic E-state index is 13.6. The number of carbonyl (C=O) groups is 3. The quantitative estimate of drug-likeness (QED) is 0.614. The number of nitrogens with one attached hydrogen (secondary N) is 1. The van der Waals surface area contributed by atoms with Gasteiger partial charge in [0.2, 0.25) is 11.7 Å². The lowest BCUT2D eigenvalue weighted by molar-refractivity contribution is -0.117. The van der Waals surface area contributed by atoms with Crippen molar-refractivity contribution in [2.45, 2.75) is 26.7 Å². The average Bonchev–Trinajstić information content (AvgIpc) is 3.41. The van der Waals surface area contributed by atoms with E-state index in [2.05, 4.69) is 5.32 Å². The Bertz CT molecular complexity index is 886. The standard InChI is InChI=1S/C19H18FNO4S/c1-10-11(2)26-18(21-17(23)12-7-8-12)16(10)19(24)25-9-15(22)13-5-3-4-6-14(13)20/h3-6,12H,7-9H2,1-2H3,(H,21,23). The molecular formula is C19H18FNO4S. The molecule has 1 aromatic carbocycles. The number of rotatable bonds is 6. The lowest BCUT2D eigenvalue weighted by Gasteiger charge is -2.08. The molecule has 0 radical (unpaired) electrons. The van der Waals surface area contributed by atoms with Gasteiger partial charge in [0.25, 0.3) is 0 Å². The summed E-state index contributed by atoms with van der Waals surface area (Å²) in [6.07, 6.45) is 1.71. The smallest absolute Gasteiger partial charge is 0.341 e. The lowest BCUT2D eigenvalue weighted by Crippen LogP contribution is -2.18. The number of hydrogen-bond acceptors (Lipinski definition) is 5. The van der Waals surface area contributed by atoms with Crippen molar-refractivity contribution in [3.05, 3.63) is 51.7 Å². The van der Waals surface area contributed by atoms with Gasteiger partial charge in [0, 0.05) is 10.8 Å². The van der Waals surface area contributed by atoms with Crippen LogP contribution in [0, 0.1) is 25.6 Å². The van der Waals surface area contributed by atoms with Crippen LogP contribution in [-0.2, 0) is 9.53 Å². The minimum absolute atomic E-state index is 0.00390. The number of benzene rings is 1. The minimum atomic E-state index is -0.706. The van der Waals surface area contributed by atoms with Crippen LogP contribution in [0.4, 0.5) is 9.39 Å². The van der Waals surface area contributed by atoms with Crippen LogP contribution in [-0.4, -0.2) is 24.3 Å². The maximum Gasteiger partial charge on any atom is 0.341 e. The van der Waals surface area contributed by atoms with Crippen LogP contribution >= 0.6 is 11.3 Å². The summed E-state index contributed by atoms with van der Waals surface area (Å²) >= 11 is 1.30. The number of amides is 1. The second-order valence-corrected chi connectivity index (χ2v) is 7.45. The SMILES string of the molecule is Cc1sc(NC(=O)C2CC2)c(C(=O)OCC(=O)c2ccccc2F)c1C. The molecule has 1 aromatic heterocycles. The third-order valence-corrected chi connectivity index (χ3v) is 5.41. The van der Waals surface area contributed by atoms with Gasteiger partial charge < -0.3 is 10.1 Å². The second kappa shape index (κ2) is 7.37. The Hall–Kier alpha value is -2.54. The van der Waals surface area contributed by atoms with E-state index < -0.39 is 24.2 Å². The fourth-order valence-electron chi connectivity index (χ4n) is 2.49. The Balaban J connectivity index is 1.72. The predicted octanol–water partition coefficient (Wildman–Crippen LogP) is 3.89. The number of thiophene rings is 1. The summed E-state index contributed by atoms with van der Waals surface area (Å²) in [5.74, 6) is -2.09. The largest absolute Gasteiger partial charge is 0.454 e. The van der Waals surface area contributed by atoms with Gasteiger partial charge in [-0.3, -0.25) is 9.59 Å². The fraction of sp³-hybridized carbons (Fsp3) is 0.316. The monoisotopic (exact) mass is 375 g/mol. The minimum Gasteiger partial charge on any atom is -0.454 e. The van der Waals surface area contributed by atoms with Crippen molar-refractivity contribution < 1.29 is 23.5 Å². The number of Topliss-reactive ketones (excluding diaryl/α,β-unsaturated/α-hetero) is 1. The number of ether oxygens (including phenoxy) is 1. The summed E-state index contributed by atoms with van der Waals surface area (Å²) < 4.78 is 18.7. The summed E-state index contributed by atoms with van der Waals surface area (Å²) in [5, 5.41) is 3.21. The van der Waals surface area contributed by atoms with Gasteiger partial charge >= 0.3 is 5.97 Å². The second-order valence-electron chi connectivity index (χ2n) is 6.23. The van der Waals surface area contributed by atoms with E-state index >= 15 is 0 Å².